The zero-order valence-corrected chi connectivity index (χ0v) is 33.0. The molecule has 2 spiro atoms. The van der Waals surface area contributed by atoms with E-state index in [2.05, 4.69) is 65.3 Å². The molecule has 5 saturated carbocycles. The van der Waals surface area contributed by atoms with Gasteiger partial charge in [0.15, 0.2) is 6.29 Å². The predicted octanol–water partition coefficient (Wildman–Crippen LogP) is 5.88. The SMILES string of the molecule is CC(C)[C@@H](OC(=O)N(C)C)C1C[C@@H](C)[C@H]2C(O1)[C@H](O)[C@@]1(C)C3CC[C@H]4C(C)(C)[C@@H](O[C@H]5CN(C6CN(C)C6)CCO5)CC[C@@]45C[C@@]35CC[C@]21C. The fourth-order valence-electron chi connectivity index (χ4n) is 14.8. The number of aliphatic hydroxyl groups is 1. The van der Waals surface area contributed by atoms with E-state index in [1.165, 1.54) is 37.0 Å². The minimum absolute atomic E-state index is 0.0108. The molecular weight excluding hydrogens is 630 g/mol. The summed E-state index contributed by atoms with van der Waals surface area (Å²) in [7, 11) is 5.67. The molecule has 1 N–H and O–H groups in total. The lowest BCUT2D eigenvalue weighted by Crippen LogP contribution is -2.62. The Bertz CT molecular complexity index is 1320. The van der Waals surface area contributed by atoms with Crippen LogP contribution < -0.4 is 0 Å². The molecule has 3 heterocycles. The van der Waals surface area contributed by atoms with Crippen molar-refractivity contribution in [2.45, 2.75) is 143 Å². The summed E-state index contributed by atoms with van der Waals surface area (Å²) in [6.45, 7) is 21.6. The Labute approximate surface area is 302 Å². The van der Waals surface area contributed by atoms with Crippen molar-refractivity contribution in [3.05, 3.63) is 0 Å². The number of hydrogen-bond donors (Lipinski definition) is 1. The second-order valence-electron chi connectivity index (χ2n) is 20.3. The van der Waals surface area contributed by atoms with Gasteiger partial charge in [-0.05, 0) is 110 Å². The fourth-order valence-corrected chi connectivity index (χ4v) is 14.8. The van der Waals surface area contributed by atoms with Gasteiger partial charge in [0.05, 0.1) is 31.0 Å². The number of likely N-dealkylation sites (tertiary alicyclic amines) is 1. The van der Waals surface area contributed by atoms with Crippen LogP contribution in [-0.2, 0) is 18.9 Å². The van der Waals surface area contributed by atoms with Gasteiger partial charge in [0.25, 0.3) is 0 Å². The molecule has 14 atom stereocenters. The van der Waals surface area contributed by atoms with Crippen molar-refractivity contribution in [1.82, 2.24) is 14.7 Å². The maximum absolute atomic E-state index is 12.7. The largest absolute Gasteiger partial charge is 0.443 e. The first-order valence-corrected chi connectivity index (χ1v) is 20.4. The van der Waals surface area contributed by atoms with Crippen LogP contribution in [0.3, 0.4) is 0 Å². The number of likely N-dealkylation sites (N-methyl/N-ethyl adjacent to an activating group) is 1. The zero-order chi connectivity index (χ0) is 35.8. The van der Waals surface area contributed by atoms with Crippen LogP contribution in [0.4, 0.5) is 4.79 Å². The molecule has 50 heavy (non-hydrogen) atoms. The molecule has 0 bridgehead atoms. The summed E-state index contributed by atoms with van der Waals surface area (Å²) in [6, 6.07) is 0.642. The summed E-state index contributed by atoms with van der Waals surface area (Å²) in [5.74, 6) is 1.94. The number of morpholine rings is 1. The lowest BCUT2D eigenvalue weighted by Gasteiger charge is -2.64. The average molecular weight is 700 g/mol. The summed E-state index contributed by atoms with van der Waals surface area (Å²) in [4.78, 5) is 19.2. The standard InChI is InChI=1S/C41H69N3O6/c1-24(2)33(50-36(46)42(8)9)27-19-25(3)32-34(48-27)35(45)39(7)29-12-11-28-37(4,5)30(13-14-40(28)23-41(29,40)16-15-38(32,39)6)49-31-22-44(17-18-47-31)26-20-43(10)21-26/h24-35,45H,11-23H2,1-10H3/t25-,27?,28+,29?,30+,31+,32+,33-,34?,35+,38-,39-,40-,41+/m1/s1. The fraction of sp³-hybridized carbons (Fsp3) is 0.976. The minimum atomic E-state index is -0.522. The number of nitrogens with zero attached hydrogens (tertiary/aromatic N) is 3. The van der Waals surface area contributed by atoms with Crippen molar-refractivity contribution in [2.75, 3.05) is 53.9 Å². The molecular formula is C41H69N3O6. The first kappa shape index (κ1) is 36.0. The van der Waals surface area contributed by atoms with Crippen LogP contribution in [0.2, 0.25) is 0 Å². The molecule has 0 aromatic rings. The Kier molecular flexibility index (Phi) is 8.66. The van der Waals surface area contributed by atoms with Gasteiger partial charge in [-0.2, -0.15) is 0 Å². The summed E-state index contributed by atoms with van der Waals surface area (Å²) >= 11 is 0. The van der Waals surface area contributed by atoms with Crippen LogP contribution >= 0.6 is 0 Å². The Morgan fingerprint density at radius 1 is 0.980 bits per heavy atom. The van der Waals surface area contributed by atoms with E-state index in [0.717, 1.165) is 52.0 Å². The van der Waals surface area contributed by atoms with E-state index in [1.54, 1.807) is 14.1 Å². The van der Waals surface area contributed by atoms with Crippen LogP contribution in [0.5, 0.6) is 0 Å². The predicted molar refractivity (Wildman–Crippen MR) is 192 cm³/mol. The third kappa shape index (κ3) is 4.87. The molecule has 0 radical (unpaired) electrons. The number of carbonyl (C=O) groups is 1. The van der Waals surface area contributed by atoms with Gasteiger partial charge in [-0.3, -0.25) is 4.90 Å². The topological polar surface area (TPSA) is 83.9 Å². The Hall–Kier alpha value is -0.970. The summed E-state index contributed by atoms with van der Waals surface area (Å²) in [5, 5.41) is 12.7. The lowest BCUT2D eigenvalue weighted by atomic mass is 9.41. The van der Waals surface area contributed by atoms with E-state index in [0.29, 0.717) is 40.5 Å². The highest BCUT2D eigenvalue weighted by Crippen LogP contribution is 2.89. The van der Waals surface area contributed by atoms with Gasteiger partial charge < -0.3 is 33.9 Å². The summed E-state index contributed by atoms with van der Waals surface area (Å²) in [6.07, 6.45) is 7.84. The van der Waals surface area contributed by atoms with Crippen molar-refractivity contribution >= 4 is 6.09 Å². The van der Waals surface area contributed by atoms with Crippen molar-refractivity contribution in [2.24, 2.45) is 56.7 Å². The molecule has 0 aromatic carbocycles. The molecule has 8 rings (SSSR count). The van der Waals surface area contributed by atoms with Crippen LogP contribution in [0.15, 0.2) is 0 Å². The first-order valence-electron chi connectivity index (χ1n) is 20.4. The Morgan fingerprint density at radius 2 is 1.68 bits per heavy atom. The molecule has 0 aromatic heterocycles. The smallest absolute Gasteiger partial charge is 0.409 e. The van der Waals surface area contributed by atoms with Crippen LogP contribution in [0, 0.1) is 56.7 Å². The average Bonchev–Trinajstić information content (AvgIpc) is 3.68. The second kappa shape index (κ2) is 12.0. The summed E-state index contributed by atoms with van der Waals surface area (Å²) < 4.78 is 26.3. The number of hydrogen-bond acceptors (Lipinski definition) is 8. The Balaban J connectivity index is 1.01. The van der Waals surface area contributed by atoms with Gasteiger partial charge in [0.2, 0.25) is 0 Å². The third-order valence-electron chi connectivity index (χ3n) is 17.3. The molecule has 284 valence electrons. The minimum Gasteiger partial charge on any atom is -0.443 e. The Morgan fingerprint density at radius 3 is 2.36 bits per heavy atom. The van der Waals surface area contributed by atoms with E-state index < -0.39 is 6.10 Å². The highest BCUT2D eigenvalue weighted by atomic mass is 16.7. The van der Waals surface area contributed by atoms with Crippen LogP contribution in [0.25, 0.3) is 0 Å². The molecule has 9 heteroatoms. The molecule has 9 nitrogen and oxygen atoms in total. The van der Waals surface area contributed by atoms with Crippen molar-refractivity contribution in [3.8, 4) is 0 Å². The molecule has 3 unspecified atom stereocenters. The molecule has 3 aliphatic heterocycles. The van der Waals surface area contributed by atoms with Crippen molar-refractivity contribution < 1.29 is 28.8 Å². The maximum atomic E-state index is 12.7. The van der Waals surface area contributed by atoms with E-state index in [1.807, 2.05) is 0 Å². The van der Waals surface area contributed by atoms with E-state index >= 15 is 0 Å². The quantitative estimate of drug-likeness (QED) is 0.368. The van der Waals surface area contributed by atoms with E-state index in [-0.39, 0.29) is 59.0 Å². The molecule has 5 aliphatic carbocycles. The van der Waals surface area contributed by atoms with Gasteiger partial charge in [-0.15, -0.1) is 0 Å². The van der Waals surface area contributed by atoms with Gasteiger partial charge in [-0.1, -0.05) is 48.5 Å². The zero-order valence-electron chi connectivity index (χ0n) is 33.0. The monoisotopic (exact) mass is 700 g/mol. The highest BCUT2D eigenvalue weighted by molar-refractivity contribution is 5.67. The maximum Gasteiger partial charge on any atom is 0.409 e. The molecule has 8 aliphatic rings. The van der Waals surface area contributed by atoms with Gasteiger partial charge in [0, 0.05) is 51.7 Å². The van der Waals surface area contributed by atoms with Crippen molar-refractivity contribution in [3.63, 3.8) is 0 Å². The first-order chi connectivity index (χ1) is 23.5. The van der Waals surface area contributed by atoms with Crippen molar-refractivity contribution in [1.29, 1.82) is 0 Å². The third-order valence-corrected chi connectivity index (χ3v) is 17.3. The normalized spacial score (nSPS) is 50.6. The van der Waals surface area contributed by atoms with Gasteiger partial charge >= 0.3 is 6.09 Å². The number of rotatable bonds is 6. The molecule has 1 amide bonds. The van der Waals surface area contributed by atoms with Crippen LogP contribution in [0.1, 0.15) is 99.8 Å². The van der Waals surface area contributed by atoms with Crippen LogP contribution in [-0.4, -0.2) is 123 Å². The number of amides is 1. The summed E-state index contributed by atoms with van der Waals surface area (Å²) in [5.41, 5.74) is 0.541. The molecule has 3 saturated heterocycles. The number of aliphatic hydroxyl groups excluding tert-OH is 1. The number of carbonyl (C=O) groups excluding carboxylic acids is 1. The number of fused-ring (bicyclic) bond motifs is 4. The van der Waals surface area contributed by atoms with Gasteiger partial charge in [-0.25, -0.2) is 4.79 Å². The molecule has 8 fully saturated rings. The number of ether oxygens (including phenoxy) is 4. The van der Waals surface area contributed by atoms with E-state index in [9.17, 15) is 9.90 Å². The second-order valence-corrected chi connectivity index (χ2v) is 20.3. The van der Waals surface area contributed by atoms with E-state index in [4.69, 9.17) is 18.9 Å². The van der Waals surface area contributed by atoms with Gasteiger partial charge in [0.1, 0.15) is 6.10 Å². The lowest BCUT2D eigenvalue weighted by molar-refractivity contribution is -0.253. The highest BCUT2D eigenvalue weighted by Gasteiger charge is 2.84.